The Balaban J connectivity index is 1.77. The molecule has 176 valence electrons. The van der Waals surface area contributed by atoms with Crippen LogP contribution < -0.4 is 18.9 Å². The third-order valence-corrected chi connectivity index (χ3v) is 6.61. The second kappa shape index (κ2) is 8.68. The molecular formula is C25H28O8. The molecule has 1 heterocycles. The van der Waals surface area contributed by atoms with Crippen LogP contribution in [0.2, 0.25) is 0 Å². The molecule has 0 unspecified atom stereocenters. The number of Topliss-reactive ketones (excluding diaryl/α,β-unsaturated/α-hetero) is 2. The molecule has 0 aromatic heterocycles. The lowest BCUT2D eigenvalue weighted by molar-refractivity contribution is -0.398. The molecular weight excluding hydrogens is 428 g/mol. The first-order chi connectivity index (χ1) is 15.8. The summed E-state index contributed by atoms with van der Waals surface area (Å²) in [6.07, 6.45) is -1.55. The second-order valence-corrected chi connectivity index (χ2v) is 8.67. The van der Waals surface area contributed by atoms with Crippen molar-refractivity contribution in [2.75, 3.05) is 28.4 Å². The number of ether oxygens (including phenoxy) is 4. The Morgan fingerprint density at radius 1 is 0.636 bits per heavy atom. The van der Waals surface area contributed by atoms with Gasteiger partial charge in [-0.15, -0.1) is 0 Å². The summed E-state index contributed by atoms with van der Waals surface area (Å²) >= 11 is 0. The summed E-state index contributed by atoms with van der Waals surface area (Å²) in [5, 5.41) is 0. The summed E-state index contributed by atoms with van der Waals surface area (Å²) in [7, 11) is 6.15. The van der Waals surface area contributed by atoms with Crippen molar-refractivity contribution < 1.29 is 38.3 Å². The van der Waals surface area contributed by atoms with Gasteiger partial charge in [-0.05, 0) is 49.2 Å². The number of carbonyl (C=O) groups excluding carboxylic acids is 2. The number of hydrogen-bond acceptors (Lipinski definition) is 8. The van der Waals surface area contributed by atoms with Crippen LogP contribution in [0.5, 0.6) is 23.0 Å². The highest BCUT2D eigenvalue weighted by Crippen LogP contribution is 2.55. The summed E-state index contributed by atoms with van der Waals surface area (Å²) in [6.45, 7) is 3.32. The smallest absolute Gasteiger partial charge is 0.161 e. The summed E-state index contributed by atoms with van der Waals surface area (Å²) in [4.78, 5) is 38.6. The van der Waals surface area contributed by atoms with Crippen LogP contribution in [0.15, 0.2) is 36.4 Å². The molecule has 2 aromatic carbocycles. The zero-order valence-electron chi connectivity index (χ0n) is 19.5. The minimum absolute atomic E-state index is 0.175. The van der Waals surface area contributed by atoms with E-state index in [2.05, 4.69) is 0 Å². The van der Waals surface area contributed by atoms with Gasteiger partial charge in [-0.3, -0.25) is 9.59 Å². The van der Waals surface area contributed by atoms with Crippen molar-refractivity contribution in [2.45, 2.75) is 26.1 Å². The lowest BCUT2D eigenvalue weighted by Gasteiger charge is -2.37. The van der Waals surface area contributed by atoms with E-state index in [0.717, 1.165) is 0 Å². The second-order valence-electron chi connectivity index (χ2n) is 8.67. The lowest BCUT2D eigenvalue weighted by atomic mass is 9.80. The van der Waals surface area contributed by atoms with E-state index in [1.165, 1.54) is 14.2 Å². The first-order valence-electron chi connectivity index (χ1n) is 10.6. The van der Waals surface area contributed by atoms with Crippen LogP contribution in [0.25, 0.3) is 0 Å². The van der Waals surface area contributed by atoms with Crippen molar-refractivity contribution in [2.24, 2.45) is 17.3 Å². The Kier molecular flexibility index (Phi) is 6.07. The first-order valence-corrected chi connectivity index (χ1v) is 10.6. The molecule has 8 heteroatoms. The molecule has 2 fully saturated rings. The Morgan fingerprint density at radius 3 is 1.33 bits per heavy atom. The number of fused-ring (bicyclic) bond motifs is 1. The van der Waals surface area contributed by atoms with Crippen LogP contribution in [0.4, 0.5) is 0 Å². The molecule has 8 nitrogen and oxygen atoms in total. The predicted octanol–water partition coefficient (Wildman–Crippen LogP) is 3.88. The Labute approximate surface area is 192 Å². The van der Waals surface area contributed by atoms with Gasteiger partial charge in [0.1, 0.15) is 12.2 Å². The van der Waals surface area contributed by atoms with Crippen molar-refractivity contribution in [1.82, 2.24) is 0 Å². The van der Waals surface area contributed by atoms with E-state index in [1.54, 1.807) is 64.5 Å². The van der Waals surface area contributed by atoms with Gasteiger partial charge in [-0.2, -0.15) is 0 Å². The number of rotatable bonds is 6. The van der Waals surface area contributed by atoms with Gasteiger partial charge in [0.2, 0.25) is 0 Å². The van der Waals surface area contributed by atoms with Crippen molar-refractivity contribution in [1.29, 1.82) is 0 Å². The fraction of sp³-hybridized carbons (Fsp3) is 0.440. The van der Waals surface area contributed by atoms with Crippen molar-refractivity contribution in [3.05, 3.63) is 47.5 Å². The topological polar surface area (TPSA) is 89.5 Å². The maximum absolute atomic E-state index is 13.5. The average Bonchev–Trinajstić information content (AvgIpc) is 3.03. The van der Waals surface area contributed by atoms with Gasteiger partial charge in [0.25, 0.3) is 0 Å². The van der Waals surface area contributed by atoms with Crippen LogP contribution in [-0.4, -0.2) is 40.0 Å². The van der Waals surface area contributed by atoms with Gasteiger partial charge in [0.05, 0.1) is 45.7 Å². The summed E-state index contributed by atoms with van der Waals surface area (Å²) in [5.41, 5.74) is 0.162. The van der Waals surface area contributed by atoms with E-state index in [0.29, 0.717) is 34.1 Å². The molecule has 4 atom stereocenters. The van der Waals surface area contributed by atoms with Crippen LogP contribution in [-0.2, 0) is 19.4 Å². The Bertz CT molecular complexity index is 993. The summed E-state index contributed by atoms with van der Waals surface area (Å²) < 4.78 is 21.4. The van der Waals surface area contributed by atoms with Crippen LogP contribution in [0, 0.1) is 17.3 Å². The number of hydrogen-bond donors (Lipinski definition) is 0. The van der Waals surface area contributed by atoms with E-state index < -0.39 is 29.5 Å². The van der Waals surface area contributed by atoms with Crippen molar-refractivity contribution in [3.63, 3.8) is 0 Å². The molecule has 33 heavy (non-hydrogen) atoms. The van der Waals surface area contributed by atoms with Crippen molar-refractivity contribution >= 4 is 11.6 Å². The standard InChI is InChI=1S/C25H28O8/c1-25(2)23(26)19-20(24(25)27)22(14-8-10-16(29-4)18(12-14)31-6)33-32-21(19)13-7-9-15(28-3)17(11-13)30-5/h7-12,19-22H,1-6H3/t19-,20+,21+,22-. The van der Waals surface area contributed by atoms with E-state index in [1.807, 2.05) is 0 Å². The van der Waals surface area contributed by atoms with Gasteiger partial charge in [-0.1, -0.05) is 12.1 Å². The van der Waals surface area contributed by atoms with Gasteiger partial charge >= 0.3 is 0 Å². The fourth-order valence-corrected chi connectivity index (χ4v) is 4.76. The zero-order valence-corrected chi connectivity index (χ0v) is 19.5. The van der Waals surface area contributed by atoms with Crippen LogP contribution in [0.1, 0.15) is 37.2 Å². The van der Waals surface area contributed by atoms with Gasteiger partial charge in [-0.25, -0.2) is 9.78 Å². The number of benzene rings is 2. The third-order valence-electron chi connectivity index (χ3n) is 6.61. The summed E-state index contributed by atoms with van der Waals surface area (Å²) in [5.74, 6) is 0.284. The van der Waals surface area contributed by atoms with E-state index in [-0.39, 0.29) is 11.6 Å². The minimum atomic E-state index is -1.16. The number of carbonyl (C=O) groups is 2. The molecule has 1 saturated carbocycles. The third kappa shape index (κ3) is 3.63. The normalized spacial score (nSPS) is 26.0. The Hall–Kier alpha value is -3.10. The molecule has 0 amide bonds. The maximum atomic E-state index is 13.5. The van der Waals surface area contributed by atoms with E-state index in [9.17, 15) is 9.59 Å². The minimum Gasteiger partial charge on any atom is -0.493 e. The maximum Gasteiger partial charge on any atom is 0.161 e. The van der Waals surface area contributed by atoms with Crippen molar-refractivity contribution in [3.8, 4) is 23.0 Å². The molecule has 4 rings (SSSR count). The highest BCUT2D eigenvalue weighted by atomic mass is 17.2. The molecule has 0 radical (unpaired) electrons. The van der Waals surface area contributed by atoms with E-state index >= 15 is 0 Å². The lowest BCUT2D eigenvalue weighted by Crippen LogP contribution is -2.37. The molecule has 1 aliphatic carbocycles. The van der Waals surface area contributed by atoms with Crippen LogP contribution >= 0.6 is 0 Å². The monoisotopic (exact) mass is 456 g/mol. The molecule has 2 aromatic rings. The molecule has 1 aliphatic heterocycles. The zero-order chi connectivity index (χ0) is 23.9. The van der Waals surface area contributed by atoms with E-state index in [4.69, 9.17) is 28.7 Å². The van der Waals surface area contributed by atoms with Gasteiger partial charge < -0.3 is 18.9 Å². The largest absolute Gasteiger partial charge is 0.493 e. The summed E-state index contributed by atoms with van der Waals surface area (Å²) in [6, 6.07) is 10.5. The van der Waals surface area contributed by atoms with Crippen LogP contribution in [0.3, 0.4) is 0 Å². The van der Waals surface area contributed by atoms with Gasteiger partial charge in [0.15, 0.2) is 34.6 Å². The quantitative estimate of drug-likeness (QED) is 0.478. The highest BCUT2D eigenvalue weighted by molar-refractivity contribution is 6.15. The molecule has 0 bridgehead atoms. The molecule has 2 aliphatic rings. The number of methoxy groups -OCH3 is 4. The Morgan fingerprint density at radius 2 is 1.00 bits per heavy atom. The molecule has 0 N–H and O–H groups in total. The number of ketones is 2. The molecule has 0 spiro atoms. The fourth-order valence-electron chi connectivity index (χ4n) is 4.76. The first kappa shape index (κ1) is 23.1. The molecule has 1 saturated heterocycles. The highest BCUT2D eigenvalue weighted by Gasteiger charge is 2.62. The SMILES string of the molecule is COc1ccc([C@H]2OO[C@@H](c3ccc(OC)c(OC)c3)[C@@H]3C(=O)C(C)(C)C(=O)[C@@H]32)cc1OC. The van der Waals surface area contributed by atoms with Gasteiger partial charge in [0, 0.05) is 0 Å². The average molecular weight is 456 g/mol. The predicted molar refractivity (Wildman–Crippen MR) is 118 cm³/mol.